The van der Waals surface area contributed by atoms with E-state index in [-0.39, 0.29) is 0 Å². The molecule has 0 saturated carbocycles. The van der Waals surface area contributed by atoms with E-state index in [0.717, 1.165) is 28.4 Å². The van der Waals surface area contributed by atoms with Gasteiger partial charge in [-0.05, 0) is 30.3 Å². The van der Waals surface area contributed by atoms with Gasteiger partial charge >= 0.3 is 0 Å². The van der Waals surface area contributed by atoms with Crippen molar-refractivity contribution >= 4 is 5.52 Å². The lowest BCUT2D eigenvalue weighted by Gasteiger charge is -2.02. The zero-order valence-corrected chi connectivity index (χ0v) is 9.54. The van der Waals surface area contributed by atoms with Gasteiger partial charge in [-0.3, -0.25) is 4.40 Å². The molecular weight excluding hydrogens is 228 g/mol. The van der Waals surface area contributed by atoms with E-state index in [4.69, 9.17) is 9.47 Å². The molecule has 0 amide bonds. The van der Waals surface area contributed by atoms with E-state index >= 15 is 0 Å². The van der Waals surface area contributed by atoms with Crippen molar-refractivity contribution in [3.63, 3.8) is 0 Å². The fourth-order valence-corrected chi connectivity index (χ4v) is 2.19. The lowest BCUT2D eigenvalue weighted by atomic mass is 10.2. The summed E-state index contributed by atoms with van der Waals surface area (Å²) in [6, 6.07) is 11.9. The Kier molecular flexibility index (Phi) is 1.85. The average Bonchev–Trinajstić information content (AvgIpc) is 3.04. The minimum Gasteiger partial charge on any atom is -0.454 e. The number of fused-ring (bicyclic) bond motifs is 2. The molecule has 0 fully saturated rings. The van der Waals surface area contributed by atoms with Crippen molar-refractivity contribution in [3.8, 4) is 22.9 Å². The molecule has 0 bridgehead atoms. The van der Waals surface area contributed by atoms with E-state index in [0.29, 0.717) is 6.79 Å². The zero-order chi connectivity index (χ0) is 11.9. The Hall–Kier alpha value is -2.49. The summed E-state index contributed by atoms with van der Waals surface area (Å²) in [6.07, 6.45) is 3.86. The van der Waals surface area contributed by atoms with Crippen LogP contribution in [0.2, 0.25) is 0 Å². The summed E-state index contributed by atoms with van der Waals surface area (Å²) < 4.78 is 12.8. The highest BCUT2D eigenvalue weighted by molar-refractivity contribution is 5.66. The van der Waals surface area contributed by atoms with Gasteiger partial charge in [0.1, 0.15) is 5.82 Å². The van der Waals surface area contributed by atoms with Gasteiger partial charge in [0.2, 0.25) is 6.79 Å². The lowest BCUT2D eigenvalue weighted by molar-refractivity contribution is 0.174. The predicted octanol–water partition coefficient (Wildman–Crippen LogP) is 2.73. The number of ether oxygens (including phenoxy) is 2. The molecule has 1 aliphatic heterocycles. The number of imidazole rings is 1. The van der Waals surface area contributed by atoms with Gasteiger partial charge in [-0.25, -0.2) is 4.98 Å². The first-order valence-electron chi connectivity index (χ1n) is 5.74. The van der Waals surface area contributed by atoms with E-state index in [2.05, 4.69) is 9.38 Å². The van der Waals surface area contributed by atoms with Crippen LogP contribution in [0.4, 0.5) is 0 Å². The number of rotatable bonds is 1. The van der Waals surface area contributed by atoms with Crippen LogP contribution in [-0.4, -0.2) is 16.2 Å². The molecule has 0 radical (unpaired) electrons. The van der Waals surface area contributed by atoms with Gasteiger partial charge in [0.15, 0.2) is 11.5 Å². The Balaban J connectivity index is 1.92. The first-order chi connectivity index (χ1) is 8.92. The molecule has 4 heteroatoms. The number of nitrogens with zero attached hydrogens (tertiary/aromatic N) is 2. The predicted molar refractivity (Wildman–Crippen MR) is 66.8 cm³/mol. The molecule has 3 heterocycles. The SMILES string of the molecule is c1ccn2c(-c3ccc4c(c3)OCO4)ncc2c1. The molecule has 2 aromatic heterocycles. The molecule has 0 spiro atoms. The van der Waals surface area contributed by atoms with Crippen molar-refractivity contribution in [2.75, 3.05) is 6.79 Å². The minimum atomic E-state index is 0.293. The Labute approximate surface area is 103 Å². The van der Waals surface area contributed by atoms with E-state index < -0.39 is 0 Å². The standard InChI is InChI=1S/C14H10N2O2/c1-2-6-16-11(3-1)8-15-14(16)10-4-5-12-13(7-10)18-9-17-12/h1-8H,9H2. The lowest BCUT2D eigenvalue weighted by Crippen LogP contribution is -1.93. The Morgan fingerprint density at radius 3 is 3.00 bits per heavy atom. The van der Waals surface area contributed by atoms with Gasteiger partial charge < -0.3 is 9.47 Å². The quantitative estimate of drug-likeness (QED) is 0.654. The van der Waals surface area contributed by atoms with Crippen molar-refractivity contribution in [1.82, 2.24) is 9.38 Å². The second kappa shape index (κ2) is 3.50. The average molecular weight is 238 g/mol. The number of hydrogen-bond acceptors (Lipinski definition) is 3. The maximum atomic E-state index is 5.39. The number of hydrogen-bond donors (Lipinski definition) is 0. The number of pyridine rings is 1. The molecule has 18 heavy (non-hydrogen) atoms. The van der Waals surface area contributed by atoms with Gasteiger partial charge in [0, 0.05) is 11.8 Å². The molecule has 1 aliphatic rings. The highest BCUT2D eigenvalue weighted by Gasteiger charge is 2.15. The van der Waals surface area contributed by atoms with Crippen LogP contribution in [0.1, 0.15) is 0 Å². The summed E-state index contributed by atoms with van der Waals surface area (Å²) in [6.45, 7) is 0.293. The van der Waals surface area contributed by atoms with Gasteiger partial charge in [0.05, 0.1) is 11.7 Å². The molecule has 0 aliphatic carbocycles. The Morgan fingerprint density at radius 1 is 1.06 bits per heavy atom. The van der Waals surface area contributed by atoms with Crippen molar-refractivity contribution in [1.29, 1.82) is 0 Å². The monoisotopic (exact) mass is 238 g/mol. The fourth-order valence-electron chi connectivity index (χ4n) is 2.19. The third kappa shape index (κ3) is 1.29. The Bertz CT molecular complexity index is 733. The Morgan fingerprint density at radius 2 is 2.00 bits per heavy atom. The van der Waals surface area contributed by atoms with Crippen LogP contribution in [0.3, 0.4) is 0 Å². The van der Waals surface area contributed by atoms with Gasteiger partial charge in [-0.1, -0.05) is 6.07 Å². The molecular formula is C14H10N2O2. The smallest absolute Gasteiger partial charge is 0.231 e. The summed E-state index contributed by atoms with van der Waals surface area (Å²) in [5, 5.41) is 0. The fraction of sp³-hybridized carbons (Fsp3) is 0.0714. The largest absolute Gasteiger partial charge is 0.454 e. The van der Waals surface area contributed by atoms with Crippen LogP contribution in [0.5, 0.6) is 11.5 Å². The normalized spacial score (nSPS) is 13.1. The van der Waals surface area contributed by atoms with Crippen molar-refractivity contribution in [3.05, 3.63) is 48.8 Å². The number of aromatic nitrogens is 2. The van der Waals surface area contributed by atoms with Crippen LogP contribution in [0.15, 0.2) is 48.8 Å². The van der Waals surface area contributed by atoms with E-state index in [1.165, 1.54) is 0 Å². The molecule has 1 aromatic carbocycles. The summed E-state index contributed by atoms with van der Waals surface area (Å²) in [5.41, 5.74) is 2.09. The summed E-state index contributed by atoms with van der Waals surface area (Å²) in [7, 11) is 0. The second-order valence-electron chi connectivity index (χ2n) is 4.15. The summed E-state index contributed by atoms with van der Waals surface area (Å²) in [5.74, 6) is 2.48. The first-order valence-corrected chi connectivity index (χ1v) is 5.74. The summed E-state index contributed by atoms with van der Waals surface area (Å²) >= 11 is 0. The van der Waals surface area contributed by atoms with Crippen LogP contribution < -0.4 is 9.47 Å². The highest BCUT2D eigenvalue weighted by Crippen LogP contribution is 2.35. The van der Waals surface area contributed by atoms with Gasteiger partial charge in [0.25, 0.3) is 0 Å². The first kappa shape index (κ1) is 9.53. The zero-order valence-electron chi connectivity index (χ0n) is 9.54. The molecule has 0 atom stereocenters. The summed E-state index contributed by atoms with van der Waals surface area (Å²) in [4.78, 5) is 4.46. The highest BCUT2D eigenvalue weighted by atomic mass is 16.7. The van der Waals surface area contributed by atoms with Gasteiger partial charge in [-0.15, -0.1) is 0 Å². The van der Waals surface area contributed by atoms with Crippen LogP contribution in [0, 0.1) is 0 Å². The minimum absolute atomic E-state index is 0.293. The molecule has 4 rings (SSSR count). The third-order valence-corrected chi connectivity index (χ3v) is 3.07. The maximum absolute atomic E-state index is 5.39. The maximum Gasteiger partial charge on any atom is 0.231 e. The van der Waals surface area contributed by atoms with E-state index in [9.17, 15) is 0 Å². The number of benzene rings is 1. The molecule has 0 unspecified atom stereocenters. The van der Waals surface area contributed by atoms with Crippen LogP contribution >= 0.6 is 0 Å². The second-order valence-corrected chi connectivity index (χ2v) is 4.15. The van der Waals surface area contributed by atoms with Crippen LogP contribution in [-0.2, 0) is 0 Å². The molecule has 0 N–H and O–H groups in total. The van der Waals surface area contributed by atoms with Crippen LogP contribution in [0.25, 0.3) is 16.9 Å². The van der Waals surface area contributed by atoms with Gasteiger partial charge in [-0.2, -0.15) is 0 Å². The van der Waals surface area contributed by atoms with E-state index in [1.54, 1.807) is 0 Å². The molecule has 0 saturated heterocycles. The van der Waals surface area contributed by atoms with Crippen molar-refractivity contribution in [2.24, 2.45) is 0 Å². The topological polar surface area (TPSA) is 35.8 Å². The molecule has 4 nitrogen and oxygen atoms in total. The van der Waals surface area contributed by atoms with Crippen molar-refractivity contribution in [2.45, 2.75) is 0 Å². The van der Waals surface area contributed by atoms with Crippen molar-refractivity contribution < 1.29 is 9.47 Å². The van der Waals surface area contributed by atoms with E-state index in [1.807, 2.05) is 48.8 Å². The molecule has 3 aromatic rings. The molecule has 88 valence electrons. The third-order valence-electron chi connectivity index (χ3n) is 3.07.